The van der Waals surface area contributed by atoms with Crippen LogP contribution in [0.2, 0.25) is 0 Å². The van der Waals surface area contributed by atoms with Crippen LogP contribution < -0.4 is 14.8 Å². The van der Waals surface area contributed by atoms with Gasteiger partial charge in [0.25, 0.3) is 0 Å². The molecule has 7 heteroatoms. The first-order chi connectivity index (χ1) is 15.5. The molecule has 0 saturated carbocycles. The molecule has 2 amide bonds. The number of nitrogens with zero attached hydrogens (tertiary/aromatic N) is 1. The number of likely N-dealkylation sites (tertiary alicyclic amines) is 1. The van der Waals surface area contributed by atoms with E-state index in [2.05, 4.69) is 5.32 Å². The maximum atomic E-state index is 13.1. The second-order valence-corrected chi connectivity index (χ2v) is 8.36. The van der Waals surface area contributed by atoms with Crippen LogP contribution in [0.3, 0.4) is 0 Å². The standard InChI is InChI=1S/C25H29FN2O4/c1-2-31-22-7-8-23-19(14-22)13-20(16-32-23)25(30)28-11-9-18(10-12-28)24(29)27-15-17-3-5-21(26)6-4-17/h3-8,14,18,20H,2,9-13,15-16H2,1H3,(H,27,29). The summed E-state index contributed by atoms with van der Waals surface area (Å²) in [5.41, 5.74) is 1.85. The van der Waals surface area contributed by atoms with Gasteiger partial charge in [-0.1, -0.05) is 12.1 Å². The molecule has 0 bridgehead atoms. The molecule has 0 radical (unpaired) electrons. The number of carbonyl (C=O) groups is 2. The molecule has 0 spiro atoms. The third kappa shape index (κ3) is 5.21. The fraction of sp³-hybridized carbons (Fsp3) is 0.440. The minimum absolute atomic E-state index is 0.0141. The largest absolute Gasteiger partial charge is 0.494 e. The van der Waals surface area contributed by atoms with E-state index in [0.29, 0.717) is 52.1 Å². The topological polar surface area (TPSA) is 67.9 Å². The number of fused-ring (bicyclic) bond motifs is 1. The van der Waals surface area contributed by atoms with Gasteiger partial charge in [0, 0.05) is 25.6 Å². The molecular formula is C25H29FN2O4. The third-order valence-corrected chi connectivity index (χ3v) is 6.16. The maximum absolute atomic E-state index is 13.1. The summed E-state index contributed by atoms with van der Waals surface area (Å²) >= 11 is 0. The Morgan fingerprint density at radius 1 is 1.12 bits per heavy atom. The zero-order valence-electron chi connectivity index (χ0n) is 18.3. The first kappa shape index (κ1) is 22.1. The lowest BCUT2D eigenvalue weighted by atomic mass is 9.92. The smallest absolute Gasteiger partial charge is 0.229 e. The Kier molecular flexibility index (Phi) is 6.93. The molecule has 2 aliphatic rings. The van der Waals surface area contributed by atoms with Gasteiger partial charge in [0.15, 0.2) is 0 Å². The Hall–Kier alpha value is -3.09. The number of halogens is 1. The van der Waals surface area contributed by atoms with Crippen LogP contribution in [-0.2, 0) is 22.6 Å². The number of carbonyl (C=O) groups excluding carboxylic acids is 2. The van der Waals surface area contributed by atoms with Gasteiger partial charge in [0.2, 0.25) is 11.8 Å². The van der Waals surface area contributed by atoms with Gasteiger partial charge in [-0.3, -0.25) is 9.59 Å². The van der Waals surface area contributed by atoms with E-state index < -0.39 is 0 Å². The molecule has 2 heterocycles. The second kappa shape index (κ2) is 10.0. The van der Waals surface area contributed by atoms with E-state index in [4.69, 9.17) is 9.47 Å². The zero-order chi connectivity index (χ0) is 22.5. The van der Waals surface area contributed by atoms with Crippen LogP contribution in [0.5, 0.6) is 11.5 Å². The highest BCUT2D eigenvalue weighted by Gasteiger charge is 2.33. The average molecular weight is 441 g/mol. The van der Waals surface area contributed by atoms with Gasteiger partial charge in [0.05, 0.1) is 12.5 Å². The molecule has 32 heavy (non-hydrogen) atoms. The second-order valence-electron chi connectivity index (χ2n) is 8.36. The Morgan fingerprint density at radius 3 is 2.59 bits per heavy atom. The lowest BCUT2D eigenvalue weighted by molar-refractivity contribution is -0.140. The Morgan fingerprint density at radius 2 is 1.88 bits per heavy atom. The van der Waals surface area contributed by atoms with Crippen molar-refractivity contribution < 1.29 is 23.5 Å². The van der Waals surface area contributed by atoms with Gasteiger partial charge < -0.3 is 19.7 Å². The van der Waals surface area contributed by atoms with Crippen molar-refractivity contribution in [3.05, 3.63) is 59.4 Å². The molecule has 0 aliphatic carbocycles. The van der Waals surface area contributed by atoms with Crippen LogP contribution in [0.4, 0.5) is 4.39 Å². The highest BCUT2D eigenvalue weighted by molar-refractivity contribution is 5.81. The summed E-state index contributed by atoms with van der Waals surface area (Å²) in [5, 5.41) is 2.93. The van der Waals surface area contributed by atoms with Crippen molar-refractivity contribution in [1.29, 1.82) is 0 Å². The van der Waals surface area contributed by atoms with Crippen LogP contribution in [0.1, 0.15) is 30.9 Å². The molecule has 0 aromatic heterocycles. The van der Waals surface area contributed by atoms with Crippen molar-refractivity contribution in [2.45, 2.75) is 32.7 Å². The molecule has 1 atom stereocenters. The summed E-state index contributed by atoms with van der Waals surface area (Å²) in [7, 11) is 0. The summed E-state index contributed by atoms with van der Waals surface area (Å²) in [6.07, 6.45) is 1.91. The summed E-state index contributed by atoms with van der Waals surface area (Å²) < 4.78 is 24.4. The predicted molar refractivity (Wildman–Crippen MR) is 118 cm³/mol. The minimum Gasteiger partial charge on any atom is -0.494 e. The van der Waals surface area contributed by atoms with E-state index in [9.17, 15) is 14.0 Å². The van der Waals surface area contributed by atoms with Gasteiger partial charge >= 0.3 is 0 Å². The fourth-order valence-corrected chi connectivity index (χ4v) is 4.34. The molecule has 2 aliphatic heterocycles. The van der Waals surface area contributed by atoms with E-state index in [1.54, 1.807) is 12.1 Å². The van der Waals surface area contributed by atoms with Crippen molar-refractivity contribution in [1.82, 2.24) is 10.2 Å². The lowest BCUT2D eigenvalue weighted by Gasteiger charge is -2.35. The maximum Gasteiger partial charge on any atom is 0.229 e. The van der Waals surface area contributed by atoms with Gasteiger partial charge in [-0.05, 0) is 67.6 Å². The Labute approximate surface area is 187 Å². The molecule has 2 aromatic rings. The third-order valence-electron chi connectivity index (χ3n) is 6.16. The van der Waals surface area contributed by atoms with Crippen LogP contribution in [0.15, 0.2) is 42.5 Å². The number of hydrogen-bond donors (Lipinski definition) is 1. The van der Waals surface area contributed by atoms with Gasteiger partial charge in [0.1, 0.15) is 23.9 Å². The van der Waals surface area contributed by atoms with Crippen molar-refractivity contribution in [3.63, 3.8) is 0 Å². The van der Waals surface area contributed by atoms with Crippen LogP contribution in [-0.4, -0.2) is 43.0 Å². The van der Waals surface area contributed by atoms with Crippen LogP contribution in [0.25, 0.3) is 0 Å². The van der Waals surface area contributed by atoms with Gasteiger partial charge in [-0.2, -0.15) is 0 Å². The van der Waals surface area contributed by atoms with Gasteiger partial charge in [-0.15, -0.1) is 0 Å². The number of nitrogens with one attached hydrogen (secondary N) is 1. The van der Waals surface area contributed by atoms with Crippen molar-refractivity contribution in [2.24, 2.45) is 11.8 Å². The van der Waals surface area contributed by atoms with Crippen LogP contribution >= 0.6 is 0 Å². The molecule has 2 aromatic carbocycles. The van der Waals surface area contributed by atoms with E-state index in [1.165, 1.54) is 12.1 Å². The fourth-order valence-electron chi connectivity index (χ4n) is 4.34. The molecule has 170 valence electrons. The SMILES string of the molecule is CCOc1ccc2c(c1)CC(C(=O)N1CCC(C(=O)NCc3ccc(F)cc3)CC1)CO2. The van der Waals surface area contributed by atoms with Crippen molar-refractivity contribution >= 4 is 11.8 Å². The molecule has 4 rings (SSSR count). The number of rotatable bonds is 6. The molecule has 1 N–H and O–H groups in total. The number of amides is 2. The summed E-state index contributed by atoms with van der Waals surface area (Å²) in [5.74, 6) is 1.05. The molecule has 1 unspecified atom stereocenters. The normalized spacial score (nSPS) is 18.4. The number of ether oxygens (including phenoxy) is 2. The molecule has 1 saturated heterocycles. The first-order valence-corrected chi connectivity index (χ1v) is 11.2. The highest BCUT2D eigenvalue weighted by atomic mass is 19.1. The monoisotopic (exact) mass is 440 g/mol. The van der Waals surface area contributed by atoms with E-state index in [-0.39, 0.29) is 29.5 Å². The van der Waals surface area contributed by atoms with E-state index >= 15 is 0 Å². The first-order valence-electron chi connectivity index (χ1n) is 11.2. The summed E-state index contributed by atoms with van der Waals surface area (Å²) in [6.45, 7) is 4.41. The quantitative estimate of drug-likeness (QED) is 0.748. The Balaban J connectivity index is 1.26. The minimum atomic E-state index is -0.293. The molecular weight excluding hydrogens is 411 g/mol. The number of hydrogen-bond acceptors (Lipinski definition) is 4. The molecule has 1 fully saturated rings. The van der Waals surface area contributed by atoms with E-state index in [0.717, 1.165) is 22.6 Å². The Bertz CT molecular complexity index is 955. The molecule has 6 nitrogen and oxygen atoms in total. The number of piperidine rings is 1. The van der Waals surface area contributed by atoms with E-state index in [1.807, 2.05) is 30.0 Å². The van der Waals surface area contributed by atoms with Crippen LogP contribution in [0, 0.1) is 17.7 Å². The lowest BCUT2D eigenvalue weighted by Crippen LogP contribution is -2.46. The van der Waals surface area contributed by atoms with Crippen molar-refractivity contribution in [2.75, 3.05) is 26.3 Å². The highest BCUT2D eigenvalue weighted by Crippen LogP contribution is 2.32. The summed E-state index contributed by atoms with van der Waals surface area (Å²) in [4.78, 5) is 27.4. The zero-order valence-corrected chi connectivity index (χ0v) is 18.3. The number of benzene rings is 2. The van der Waals surface area contributed by atoms with Gasteiger partial charge in [-0.25, -0.2) is 4.39 Å². The summed E-state index contributed by atoms with van der Waals surface area (Å²) in [6, 6.07) is 11.8. The predicted octanol–water partition coefficient (Wildman–Crippen LogP) is 3.33. The van der Waals surface area contributed by atoms with Crippen molar-refractivity contribution in [3.8, 4) is 11.5 Å². The average Bonchev–Trinajstić information content (AvgIpc) is 2.83.